The first-order valence-electron chi connectivity index (χ1n) is 7.97. The van der Waals surface area contributed by atoms with Gasteiger partial charge in [0, 0.05) is 18.1 Å². The molecule has 0 atom stereocenters. The number of hydrogen-bond acceptors (Lipinski definition) is 4. The van der Waals surface area contributed by atoms with Gasteiger partial charge in [0.25, 0.3) is 5.91 Å². The topological polar surface area (TPSA) is 76.7 Å². The summed E-state index contributed by atoms with van der Waals surface area (Å²) in [5.41, 5.74) is 1.03. The average molecular weight is 411 g/mol. The summed E-state index contributed by atoms with van der Waals surface area (Å²) in [4.78, 5) is 24.1. The number of hydrogen-bond donors (Lipinski definition) is 2. The number of nitrogens with one attached hydrogen (secondary N) is 2. The minimum Gasteiger partial charge on any atom is -0.493 e. The number of benzene rings is 2. The van der Waals surface area contributed by atoms with Crippen LogP contribution in [0.1, 0.15) is 15.9 Å². The second kappa shape index (κ2) is 9.70. The maximum absolute atomic E-state index is 12.4. The highest BCUT2D eigenvalue weighted by Gasteiger charge is 2.13. The van der Waals surface area contributed by atoms with Gasteiger partial charge in [-0.1, -0.05) is 17.7 Å². The predicted molar refractivity (Wildman–Crippen MR) is 102 cm³/mol. The lowest BCUT2D eigenvalue weighted by molar-refractivity contribution is -0.111. The molecule has 2 aromatic carbocycles. The van der Waals surface area contributed by atoms with Crippen molar-refractivity contribution in [2.75, 3.05) is 19.5 Å². The minimum absolute atomic E-state index is 0.0995. The van der Waals surface area contributed by atoms with Crippen LogP contribution in [0, 0.1) is 0 Å². The van der Waals surface area contributed by atoms with Gasteiger partial charge in [0.2, 0.25) is 5.91 Å². The molecule has 0 unspecified atom stereocenters. The summed E-state index contributed by atoms with van der Waals surface area (Å²) in [5, 5.41) is 5.41. The Kier molecular flexibility index (Phi) is 7.34. The Morgan fingerprint density at radius 1 is 1.14 bits per heavy atom. The number of anilines is 1. The molecule has 28 heavy (non-hydrogen) atoms. The molecule has 6 nitrogen and oxygen atoms in total. The molecule has 0 aliphatic rings. The van der Waals surface area contributed by atoms with Crippen molar-refractivity contribution in [2.45, 2.75) is 6.61 Å². The van der Waals surface area contributed by atoms with Gasteiger partial charge in [0.1, 0.15) is 0 Å². The zero-order chi connectivity index (χ0) is 20.7. The molecular formula is C19H17ClF2N2O4. The molecular weight excluding hydrogens is 394 g/mol. The molecule has 0 aliphatic carbocycles. The third kappa shape index (κ3) is 5.68. The summed E-state index contributed by atoms with van der Waals surface area (Å²) in [6.07, 6.45) is 2.68. The minimum atomic E-state index is -2.98. The summed E-state index contributed by atoms with van der Waals surface area (Å²) in [6.45, 7) is -2.98. The monoisotopic (exact) mass is 410 g/mol. The molecule has 0 aliphatic heterocycles. The highest BCUT2D eigenvalue weighted by Crippen LogP contribution is 2.30. The van der Waals surface area contributed by atoms with Gasteiger partial charge in [-0.05, 0) is 42.0 Å². The summed E-state index contributed by atoms with van der Waals surface area (Å²) in [6, 6.07) is 8.73. The van der Waals surface area contributed by atoms with Crippen LogP contribution in [-0.2, 0) is 4.79 Å². The lowest BCUT2D eigenvalue weighted by Crippen LogP contribution is -2.20. The molecule has 148 valence electrons. The number of rotatable bonds is 7. The zero-order valence-corrected chi connectivity index (χ0v) is 15.7. The molecule has 2 aromatic rings. The molecule has 2 rings (SSSR count). The normalized spacial score (nSPS) is 10.8. The second-order valence-corrected chi connectivity index (χ2v) is 5.82. The smallest absolute Gasteiger partial charge is 0.387 e. The van der Waals surface area contributed by atoms with Crippen molar-refractivity contribution in [3.05, 3.63) is 58.6 Å². The summed E-state index contributed by atoms with van der Waals surface area (Å²) in [7, 11) is 2.78. The fourth-order valence-corrected chi connectivity index (χ4v) is 2.45. The van der Waals surface area contributed by atoms with Crippen LogP contribution in [0.4, 0.5) is 14.5 Å². The van der Waals surface area contributed by atoms with Gasteiger partial charge in [0.15, 0.2) is 11.5 Å². The molecule has 2 amide bonds. The maximum Gasteiger partial charge on any atom is 0.387 e. The van der Waals surface area contributed by atoms with E-state index < -0.39 is 18.4 Å². The number of amides is 2. The van der Waals surface area contributed by atoms with Gasteiger partial charge < -0.3 is 20.1 Å². The van der Waals surface area contributed by atoms with Gasteiger partial charge in [-0.15, -0.1) is 0 Å². The molecule has 0 aromatic heterocycles. The fraction of sp³-hybridized carbons (Fsp3) is 0.158. The lowest BCUT2D eigenvalue weighted by Gasteiger charge is -2.10. The van der Waals surface area contributed by atoms with Crippen molar-refractivity contribution in [1.29, 1.82) is 0 Å². The van der Waals surface area contributed by atoms with Gasteiger partial charge in [-0.3, -0.25) is 9.59 Å². The Morgan fingerprint density at radius 2 is 1.89 bits per heavy atom. The standard InChI is InChI=1S/C19H17ClF2N2O4/c1-23-18(26)13-10-12(20)5-6-14(13)24-17(25)8-4-11-3-7-15(28-19(21)22)16(9-11)27-2/h3-10,19H,1-2H3,(H,23,26)(H,24,25). The van der Waals surface area contributed by atoms with E-state index >= 15 is 0 Å². The highest BCUT2D eigenvalue weighted by molar-refractivity contribution is 6.31. The maximum atomic E-state index is 12.4. The number of carbonyl (C=O) groups excluding carboxylic acids is 2. The summed E-state index contributed by atoms with van der Waals surface area (Å²) >= 11 is 5.89. The van der Waals surface area contributed by atoms with Gasteiger partial charge in [0.05, 0.1) is 18.4 Å². The van der Waals surface area contributed by atoms with Gasteiger partial charge in [-0.25, -0.2) is 0 Å². The van der Waals surface area contributed by atoms with Crippen LogP contribution in [0.25, 0.3) is 6.08 Å². The lowest BCUT2D eigenvalue weighted by atomic mass is 10.1. The van der Waals surface area contributed by atoms with Crippen LogP contribution in [0.5, 0.6) is 11.5 Å². The molecule has 0 bridgehead atoms. The van der Waals surface area contributed by atoms with E-state index in [1.807, 2.05) is 0 Å². The number of halogens is 3. The number of carbonyl (C=O) groups is 2. The summed E-state index contributed by atoms with van der Waals surface area (Å²) in [5.74, 6) is -0.918. The van der Waals surface area contributed by atoms with Crippen LogP contribution in [0.2, 0.25) is 5.02 Å². The third-order valence-corrected chi connectivity index (χ3v) is 3.78. The zero-order valence-electron chi connectivity index (χ0n) is 15.0. The molecule has 0 saturated heterocycles. The SMILES string of the molecule is CNC(=O)c1cc(Cl)ccc1NC(=O)C=Cc1ccc(OC(F)F)c(OC)c1. The van der Waals surface area contributed by atoms with Crippen molar-refractivity contribution in [1.82, 2.24) is 5.32 Å². The number of ether oxygens (including phenoxy) is 2. The Balaban J connectivity index is 2.15. The molecule has 9 heteroatoms. The third-order valence-electron chi connectivity index (χ3n) is 3.54. The van der Waals surface area contributed by atoms with Crippen molar-refractivity contribution < 1.29 is 27.8 Å². The predicted octanol–water partition coefficient (Wildman–Crippen LogP) is 3.96. The van der Waals surface area contributed by atoms with Crippen molar-refractivity contribution >= 4 is 35.2 Å². The molecule has 2 N–H and O–H groups in total. The van der Waals surface area contributed by atoms with E-state index in [1.165, 1.54) is 56.6 Å². The van der Waals surface area contributed by atoms with E-state index in [4.69, 9.17) is 16.3 Å². The quantitative estimate of drug-likeness (QED) is 0.677. The first-order chi connectivity index (χ1) is 13.3. The molecule has 0 saturated carbocycles. The molecule has 0 radical (unpaired) electrons. The molecule has 0 fully saturated rings. The number of methoxy groups -OCH3 is 1. The van der Waals surface area contributed by atoms with E-state index in [0.717, 1.165) is 0 Å². The first-order valence-corrected chi connectivity index (χ1v) is 8.35. The van der Waals surface area contributed by atoms with Crippen LogP contribution in [0.3, 0.4) is 0 Å². The number of alkyl halides is 2. The van der Waals surface area contributed by atoms with Crippen molar-refractivity contribution in [2.24, 2.45) is 0 Å². The van der Waals surface area contributed by atoms with E-state index in [0.29, 0.717) is 10.6 Å². The van der Waals surface area contributed by atoms with Crippen molar-refractivity contribution in [3.8, 4) is 11.5 Å². The Morgan fingerprint density at radius 3 is 2.54 bits per heavy atom. The van der Waals surface area contributed by atoms with E-state index in [-0.39, 0.29) is 22.7 Å². The fourth-order valence-electron chi connectivity index (χ4n) is 2.28. The van der Waals surface area contributed by atoms with Crippen LogP contribution in [0.15, 0.2) is 42.5 Å². The van der Waals surface area contributed by atoms with Crippen LogP contribution < -0.4 is 20.1 Å². The van der Waals surface area contributed by atoms with Crippen molar-refractivity contribution in [3.63, 3.8) is 0 Å². The Hall–Kier alpha value is -3.13. The van der Waals surface area contributed by atoms with Gasteiger partial charge >= 0.3 is 6.61 Å². The van der Waals surface area contributed by atoms with Gasteiger partial charge in [-0.2, -0.15) is 8.78 Å². The largest absolute Gasteiger partial charge is 0.493 e. The molecule has 0 heterocycles. The summed E-state index contributed by atoms with van der Waals surface area (Å²) < 4.78 is 34.1. The van der Waals surface area contributed by atoms with Crippen LogP contribution >= 0.6 is 11.6 Å². The Bertz CT molecular complexity index is 903. The average Bonchev–Trinajstić information content (AvgIpc) is 2.67. The molecule has 0 spiro atoms. The van der Waals surface area contributed by atoms with Crippen LogP contribution in [-0.4, -0.2) is 32.6 Å². The van der Waals surface area contributed by atoms with E-state index in [2.05, 4.69) is 15.4 Å². The van der Waals surface area contributed by atoms with E-state index in [9.17, 15) is 18.4 Å². The van der Waals surface area contributed by atoms with E-state index in [1.54, 1.807) is 6.07 Å². The first kappa shape index (κ1) is 21.2. The highest BCUT2D eigenvalue weighted by atomic mass is 35.5. The Labute approximate surface area is 165 Å². The second-order valence-electron chi connectivity index (χ2n) is 5.38.